The minimum absolute atomic E-state index is 0.290. The molecule has 0 bridgehead atoms. The number of benzene rings is 1. The Bertz CT molecular complexity index is 1010. The molecule has 0 amide bonds. The van der Waals surface area contributed by atoms with Crippen LogP contribution in [0.1, 0.15) is 19.4 Å². The maximum Gasteiger partial charge on any atom is 0.319 e. The van der Waals surface area contributed by atoms with Gasteiger partial charge in [0.2, 0.25) is 0 Å². The van der Waals surface area contributed by atoms with E-state index in [0.29, 0.717) is 34.0 Å². The number of hydrogen-bond acceptors (Lipinski definition) is 6. The second-order valence-electron chi connectivity index (χ2n) is 5.84. The highest BCUT2D eigenvalue weighted by Crippen LogP contribution is 2.36. The van der Waals surface area contributed by atoms with Crippen molar-refractivity contribution in [1.29, 1.82) is 5.26 Å². The standard InChI is InChI=1S/C21H17FN2O2S2/c1-3-26-21(25)13(2)28-20-17(12-23)16(14-6-8-15(22)9-7-14)11-18(24-20)19-5-4-10-27-19/h4-11,13H,3H2,1-2H3/t13-/m1/s1. The van der Waals surface area contributed by atoms with E-state index in [2.05, 4.69) is 11.1 Å². The van der Waals surface area contributed by atoms with Gasteiger partial charge in [0.25, 0.3) is 0 Å². The number of nitrogens with zero attached hydrogens (tertiary/aromatic N) is 2. The van der Waals surface area contributed by atoms with Crippen LogP contribution in [-0.2, 0) is 9.53 Å². The molecule has 0 fully saturated rings. The van der Waals surface area contributed by atoms with Crippen molar-refractivity contribution in [3.8, 4) is 27.8 Å². The number of aromatic nitrogens is 1. The quantitative estimate of drug-likeness (QED) is 0.393. The Kier molecular flexibility index (Phi) is 6.45. The van der Waals surface area contributed by atoms with Crippen LogP contribution < -0.4 is 0 Å². The predicted octanol–water partition coefficient (Wildman–Crippen LogP) is 5.53. The third-order valence-corrected chi connectivity index (χ3v) is 5.89. The highest BCUT2D eigenvalue weighted by Gasteiger charge is 2.22. The fourth-order valence-corrected chi connectivity index (χ4v) is 4.21. The molecule has 0 spiro atoms. The van der Waals surface area contributed by atoms with Crippen LogP contribution in [0.3, 0.4) is 0 Å². The Morgan fingerprint density at radius 1 is 1.36 bits per heavy atom. The van der Waals surface area contributed by atoms with Crippen LogP contribution in [-0.4, -0.2) is 22.8 Å². The third-order valence-electron chi connectivity index (χ3n) is 3.93. The molecule has 3 aromatic rings. The topological polar surface area (TPSA) is 63.0 Å². The van der Waals surface area contributed by atoms with Gasteiger partial charge < -0.3 is 4.74 Å². The molecule has 7 heteroatoms. The Morgan fingerprint density at radius 2 is 2.11 bits per heavy atom. The summed E-state index contributed by atoms with van der Waals surface area (Å²) in [5.74, 6) is -0.705. The molecule has 0 unspecified atom stereocenters. The molecule has 28 heavy (non-hydrogen) atoms. The number of nitriles is 1. The first kappa shape index (κ1) is 20.1. The molecule has 1 atom stereocenters. The van der Waals surface area contributed by atoms with Crippen LogP contribution in [0.5, 0.6) is 0 Å². The van der Waals surface area contributed by atoms with Gasteiger partial charge in [0.1, 0.15) is 22.2 Å². The number of esters is 1. The number of rotatable bonds is 6. The number of hydrogen-bond donors (Lipinski definition) is 0. The van der Waals surface area contributed by atoms with E-state index in [1.54, 1.807) is 26.0 Å². The van der Waals surface area contributed by atoms with Gasteiger partial charge in [-0.25, -0.2) is 9.37 Å². The Balaban J connectivity index is 2.13. The van der Waals surface area contributed by atoms with Gasteiger partial charge in [-0.1, -0.05) is 30.0 Å². The molecule has 4 nitrogen and oxygen atoms in total. The first-order chi connectivity index (χ1) is 13.5. The lowest BCUT2D eigenvalue weighted by molar-refractivity contribution is -0.142. The van der Waals surface area contributed by atoms with Gasteiger partial charge in [-0.2, -0.15) is 5.26 Å². The van der Waals surface area contributed by atoms with Gasteiger partial charge in [-0.3, -0.25) is 4.79 Å². The largest absolute Gasteiger partial charge is 0.465 e. The maximum atomic E-state index is 13.4. The molecule has 3 rings (SSSR count). The highest BCUT2D eigenvalue weighted by molar-refractivity contribution is 8.00. The van der Waals surface area contributed by atoms with Crippen molar-refractivity contribution in [3.63, 3.8) is 0 Å². The van der Waals surface area contributed by atoms with E-state index in [-0.39, 0.29) is 11.8 Å². The fourth-order valence-electron chi connectivity index (χ4n) is 2.60. The van der Waals surface area contributed by atoms with Crippen LogP contribution in [0.4, 0.5) is 4.39 Å². The molecule has 0 radical (unpaired) electrons. The Morgan fingerprint density at radius 3 is 2.71 bits per heavy atom. The van der Waals surface area contributed by atoms with Crippen LogP contribution in [0.25, 0.3) is 21.7 Å². The van der Waals surface area contributed by atoms with Crippen LogP contribution >= 0.6 is 23.1 Å². The molecule has 0 N–H and O–H groups in total. The summed E-state index contributed by atoms with van der Waals surface area (Å²) in [6.07, 6.45) is 0. The Labute approximate surface area is 171 Å². The van der Waals surface area contributed by atoms with Gasteiger partial charge >= 0.3 is 5.97 Å². The van der Waals surface area contributed by atoms with Crippen molar-refractivity contribution in [2.45, 2.75) is 24.1 Å². The summed E-state index contributed by atoms with van der Waals surface area (Å²) in [7, 11) is 0. The number of carbonyl (C=O) groups excluding carboxylic acids is 1. The summed E-state index contributed by atoms with van der Waals surface area (Å²) >= 11 is 2.72. The summed E-state index contributed by atoms with van der Waals surface area (Å²) in [5, 5.41) is 11.7. The van der Waals surface area contributed by atoms with Crippen molar-refractivity contribution >= 4 is 29.1 Å². The van der Waals surface area contributed by atoms with Crippen LogP contribution in [0.2, 0.25) is 0 Å². The van der Waals surface area contributed by atoms with Gasteiger partial charge in [0.05, 0.1) is 22.7 Å². The lowest BCUT2D eigenvalue weighted by Crippen LogP contribution is -2.17. The highest BCUT2D eigenvalue weighted by atomic mass is 32.2. The van der Waals surface area contributed by atoms with Crippen molar-refractivity contribution in [2.24, 2.45) is 0 Å². The van der Waals surface area contributed by atoms with E-state index in [4.69, 9.17) is 4.74 Å². The van der Waals surface area contributed by atoms with Gasteiger partial charge in [-0.05, 0) is 49.1 Å². The van der Waals surface area contributed by atoms with Crippen molar-refractivity contribution in [3.05, 3.63) is 59.2 Å². The number of thioether (sulfide) groups is 1. The Hall–Kier alpha value is -2.69. The average molecular weight is 413 g/mol. The van der Waals surface area contributed by atoms with Crippen molar-refractivity contribution < 1.29 is 13.9 Å². The SMILES string of the molecule is CCOC(=O)[C@@H](C)Sc1nc(-c2cccs2)cc(-c2ccc(F)cc2)c1C#N. The molecular weight excluding hydrogens is 395 g/mol. The smallest absolute Gasteiger partial charge is 0.319 e. The third kappa shape index (κ3) is 4.41. The molecule has 2 heterocycles. The molecule has 1 aromatic carbocycles. The summed E-state index contributed by atoms with van der Waals surface area (Å²) in [5.41, 5.74) is 2.42. The molecule has 0 aliphatic heterocycles. The summed E-state index contributed by atoms with van der Waals surface area (Å²) in [4.78, 5) is 17.6. The molecule has 142 valence electrons. The lowest BCUT2D eigenvalue weighted by Gasteiger charge is -2.14. The molecule has 0 saturated carbocycles. The van der Waals surface area contributed by atoms with Gasteiger partial charge in [0, 0.05) is 5.56 Å². The average Bonchev–Trinajstić information content (AvgIpc) is 3.23. The predicted molar refractivity (Wildman–Crippen MR) is 110 cm³/mol. The van der Waals surface area contributed by atoms with Crippen LogP contribution in [0, 0.1) is 17.1 Å². The summed E-state index contributed by atoms with van der Waals surface area (Å²) < 4.78 is 18.4. The van der Waals surface area contributed by atoms with E-state index in [1.807, 2.05) is 23.6 Å². The lowest BCUT2D eigenvalue weighted by atomic mass is 10.0. The molecule has 0 aliphatic carbocycles. The van der Waals surface area contributed by atoms with E-state index in [0.717, 1.165) is 4.88 Å². The normalized spacial score (nSPS) is 11.6. The van der Waals surface area contributed by atoms with Gasteiger partial charge in [-0.15, -0.1) is 11.3 Å². The van der Waals surface area contributed by atoms with E-state index < -0.39 is 5.25 Å². The summed E-state index contributed by atoms with van der Waals surface area (Å²) in [6, 6.07) is 13.9. The van der Waals surface area contributed by atoms with Crippen LogP contribution in [0.15, 0.2) is 52.9 Å². The number of carbonyl (C=O) groups is 1. The second-order valence-corrected chi connectivity index (χ2v) is 8.12. The fraction of sp³-hybridized carbons (Fsp3) is 0.190. The van der Waals surface area contributed by atoms with E-state index in [9.17, 15) is 14.4 Å². The van der Waals surface area contributed by atoms with Crippen molar-refractivity contribution in [1.82, 2.24) is 4.98 Å². The van der Waals surface area contributed by atoms with E-state index in [1.165, 1.54) is 35.2 Å². The minimum atomic E-state index is -0.515. The molecule has 0 aliphatic rings. The zero-order valence-electron chi connectivity index (χ0n) is 15.3. The number of thiophene rings is 1. The maximum absolute atomic E-state index is 13.4. The zero-order valence-corrected chi connectivity index (χ0v) is 16.9. The molecule has 0 saturated heterocycles. The minimum Gasteiger partial charge on any atom is -0.465 e. The molecular formula is C21H17FN2O2S2. The first-order valence-electron chi connectivity index (χ1n) is 8.61. The number of halogens is 1. The number of ether oxygens (including phenoxy) is 1. The van der Waals surface area contributed by atoms with Gasteiger partial charge in [0.15, 0.2) is 0 Å². The second kappa shape index (κ2) is 9.00. The molecule has 2 aromatic heterocycles. The number of pyridine rings is 1. The monoisotopic (exact) mass is 412 g/mol. The summed E-state index contributed by atoms with van der Waals surface area (Å²) in [6.45, 7) is 3.76. The van der Waals surface area contributed by atoms with Crippen molar-refractivity contribution in [2.75, 3.05) is 6.61 Å². The van der Waals surface area contributed by atoms with E-state index >= 15 is 0 Å². The zero-order chi connectivity index (χ0) is 20.1. The first-order valence-corrected chi connectivity index (χ1v) is 10.4.